The molecule has 0 aliphatic heterocycles. The first-order valence-electron chi connectivity index (χ1n) is 3.61. The molecule has 0 bridgehead atoms. The van der Waals surface area contributed by atoms with Gasteiger partial charge in [-0.15, -0.1) is 0 Å². The fourth-order valence-electron chi connectivity index (χ4n) is 1.10. The number of hydrogen-bond acceptors (Lipinski definition) is 2. The van der Waals surface area contributed by atoms with E-state index in [9.17, 15) is 4.79 Å². The molecule has 0 atom stereocenters. The Hall–Kier alpha value is -1.11. The average Bonchev–Trinajstić information content (AvgIpc) is 2.47. The lowest BCUT2D eigenvalue weighted by atomic mass is 10.3. The lowest BCUT2D eigenvalue weighted by molar-refractivity contribution is 0.1000. The van der Waals surface area contributed by atoms with E-state index in [1.165, 1.54) is 0 Å². The van der Waals surface area contributed by atoms with Gasteiger partial charge >= 0.3 is 0 Å². The highest BCUT2D eigenvalue weighted by Crippen LogP contribution is 2.10. The lowest BCUT2D eigenvalue weighted by Gasteiger charge is -1.97. The quantitative estimate of drug-likeness (QED) is 0.797. The van der Waals surface area contributed by atoms with Gasteiger partial charge in [-0.2, -0.15) is 0 Å². The van der Waals surface area contributed by atoms with Crippen LogP contribution in [0.2, 0.25) is 0 Å². The molecule has 0 aliphatic rings. The van der Waals surface area contributed by atoms with Gasteiger partial charge in [0.05, 0.1) is 11.8 Å². The van der Waals surface area contributed by atoms with Crippen molar-refractivity contribution in [1.82, 2.24) is 9.38 Å². The third-order valence-corrected chi connectivity index (χ3v) is 2.54. The number of hydrogen-bond donors (Lipinski definition) is 1. The molecule has 0 aliphatic carbocycles. The van der Waals surface area contributed by atoms with Crippen LogP contribution in [0.25, 0.3) is 5.65 Å². The smallest absolute Gasteiger partial charge is 0.250 e. The Balaban J connectivity index is 2.72. The van der Waals surface area contributed by atoms with Crippen molar-refractivity contribution in [2.45, 2.75) is 0 Å². The van der Waals surface area contributed by atoms with Crippen LogP contribution in [0.1, 0.15) is 10.4 Å². The van der Waals surface area contributed by atoms with E-state index in [1.807, 2.05) is 4.40 Å². The number of halogens is 1. The number of nitrogens with zero attached hydrogens (tertiary/aromatic N) is 2. The molecule has 13 heavy (non-hydrogen) atoms. The first-order valence-corrected chi connectivity index (χ1v) is 4.69. The van der Waals surface area contributed by atoms with Gasteiger partial charge in [-0.3, -0.25) is 9.20 Å². The molecule has 66 valence electrons. The molecule has 1 amide bonds. The Morgan fingerprint density at radius 3 is 3.00 bits per heavy atom. The van der Waals surface area contributed by atoms with Crippen LogP contribution in [0.3, 0.4) is 0 Å². The number of amides is 1. The Kier molecular flexibility index (Phi) is 1.95. The van der Waals surface area contributed by atoms with Crippen molar-refractivity contribution in [2.75, 3.05) is 0 Å². The van der Waals surface area contributed by atoms with E-state index < -0.39 is 5.91 Å². The number of rotatable bonds is 1. The van der Waals surface area contributed by atoms with Crippen molar-refractivity contribution in [3.05, 3.63) is 33.8 Å². The molecule has 0 radical (unpaired) electrons. The molecule has 0 spiro atoms. The van der Waals surface area contributed by atoms with Crippen molar-refractivity contribution in [3.63, 3.8) is 0 Å². The molecule has 5 heteroatoms. The van der Waals surface area contributed by atoms with E-state index in [0.717, 1.165) is 9.35 Å². The molecular formula is C8H6IN3O. The predicted octanol–water partition coefficient (Wildman–Crippen LogP) is 1.04. The Labute approximate surface area is 87.9 Å². The zero-order valence-electron chi connectivity index (χ0n) is 6.57. The maximum Gasteiger partial charge on any atom is 0.250 e. The zero-order chi connectivity index (χ0) is 9.42. The van der Waals surface area contributed by atoms with Gasteiger partial charge in [0.1, 0.15) is 9.35 Å². The third kappa shape index (κ3) is 1.39. The highest BCUT2D eigenvalue weighted by Gasteiger charge is 2.04. The van der Waals surface area contributed by atoms with E-state index in [4.69, 9.17) is 5.73 Å². The number of nitrogens with two attached hydrogens (primary N) is 1. The number of carbonyl (C=O) groups excluding carboxylic acids is 1. The number of fused-ring (bicyclic) bond motifs is 1. The summed E-state index contributed by atoms with van der Waals surface area (Å²) in [4.78, 5) is 15.0. The van der Waals surface area contributed by atoms with Crippen molar-refractivity contribution in [3.8, 4) is 0 Å². The second-order valence-corrected chi connectivity index (χ2v) is 3.70. The van der Waals surface area contributed by atoms with Crippen LogP contribution in [0.4, 0.5) is 0 Å². The summed E-state index contributed by atoms with van der Waals surface area (Å²) in [5, 5.41) is 0. The molecule has 0 aromatic carbocycles. The summed E-state index contributed by atoms with van der Waals surface area (Å²) in [6.45, 7) is 0. The first-order chi connectivity index (χ1) is 6.18. The van der Waals surface area contributed by atoms with Crippen LogP contribution in [0.15, 0.2) is 24.5 Å². The number of carbonyl (C=O) groups is 1. The van der Waals surface area contributed by atoms with E-state index in [2.05, 4.69) is 27.6 Å². The fourth-order valence-corrected chi connectivity index (χ4v) is 1.62. The number of imidazole rings is 1. The first kappa shape index (κ1) is 8.49. The van der Waals surface area contributed by atoms with Gasteiger partial charge in [-0.25, -0.2) is 4.98 Å². The Bertz CT molecular complexity index is 477. The number of aromatic nitrogens is 2. The summed E-state index contributed by atoms with van der Waals surface area (Å²) >= 11 is 2.14. The normalized spacial score (nSPS) is 10.5. The highest BCUT2D eigenvalue weighted by atomic mass is 127. The van der Waals surface area contributed by atoms with E-state index in [-0.39, 0.29) is 0 Å². The van der Waals surface area contributed by atoms with Crippen LogP contribution < -0.4 is 5.73 Å². The monoisotopic (exact) mass is 287 g/mol. The standard InChI is InChI=1S/C8H6IN3O/c9-6-3-11-7-2-1-5(8(10)13)4-12(6)7/h1-4H,(H2,10,13). The minimum atomic E-state index is -0.425. The summed E-state index contributed by atoms with van der Waals surface area (Å²) in [6.07, 6.45) is 3.42. The van der Waals surface area contributed by atoms with Crippen LogP contribution in [-0.4, -0.2) is 15.3 Å². The van der Waals surface area contributed by atoms with Gasteiger partial charge in [0, 0.05) is 6.20 Å². The zero-order valence-corrected chi connectivity index (χ0v) is 8.72. The van der Waals surface area contributed by atoms with Crippen LogP contribution >= 0.6 is 22.6 Å². The molecule has 0 fully saturated rings. The minimum absolute atomic E-state index is 0.425. The molecule has 0 saturated carbocycles. The van der Waals surface area contributed by atoms with Gasteiger partial charge in [-0.1, -0.05) is 0 Å². The van der Waals surface area contributed by atoms with Gasteiger partial charge in [0.25, 0.3) is 0 Å². The van der Waals surface area contributed by atoms with Crippen LogP contribution in [0, 0.1) is 3.70 Å². The second-order valence-electron chi connectivity index (χ2n) is 2.59. The van der Waals surface area contributed by atoms with E-state index in [0.29, 0.717) is 5.56 Å². The Morgan fingerprint density at radius 2 is 2.31 bits per heavy atom. The molecule has 0 saturated heterocycles. The van der Waals surface area contributed by atoms with Crippen LogP contribution in [-0.2, 0) is 0 Å². The van der Waals surface area contributed by atoms with Gasteiger partial charge in [-0.05, 0) is 34.7 Å². The molecule has 0 unspecified atom stereocenters. The number of primary amides is 1. The third-order valence-electron chi connectivity index (χ3n) is 1.74. The predicted molar refractivity (Wildman–Crippen MR) is 56.4 cm³/mol. The topological polar surface area (TPSA) is 60.4 Å². The molecule has 2 rings (SSSR count). The SMILES string of the molecule is NC(=O)c1ccc2ncc(I)n2c1. The van der Waals surface area contributed by atoms with E-state index >= 15 is 0 Å². The lowest BCUT2D eigenvalue weighted by Crippen LogP contribution is -2.11. The van der Waals surface area contributed by atoms with Crippen molar-refractivity contribution >= 4 is 34.1 Å². The van der Waals surface area contributed by atoms with Gasteiger partial charge in [0.15, 0.2) is 0 Å². The molecule has 2 aromatic rings. The molecular weight excluding hydrogens is 281 g/mol. The van der Waals surface area contributed by atoms with Crippen molar-refractivity contribution in [2.24, 2.45) is 5.73 Å². The molecule has 4 nitrogen and oxygen atoms in total. The van der Waals surface area contributed by atoms with Gasteiger partial charge < -0.3 is 5.73 Å². The average molecular weight is 287 g/mol. The molecule has 2 heterocycles. The highest BCUT2D eigenvalue weighted by molar-refractivity contribution is 14.1. The van der Waals surface area contributed by atoms with Gasteiger partial charge in [0.2, 0.25) is 5.91 Å². The van der Waals surface area contributed by atoms with E-state index in [1.54, 1.807) is 24.5 Å². The molecule has 2 N–H and O–H groups in total. The summed E-state index contributed by atoms with van der Waals surface area (Å²) in [7, 11) is 0. The number of pyridine rings is 1. The maximum absolute atomic E-state index is 10.9. The summed E-state index contributed by atoms with van der Waals surface area (Å²) < 4.78 is 2.77. The van der Waals surface area contributed by atoms with Crippen molar-refractivity contribution in [1.29, 1.82) is 0 Å². The Morgan fingerprint density at radius 1 is 1.54 bits per heavy atom. The summed E-state index contributed by atoms with van der Waals surface area (Å²) in [6, 6.07) is 3.43. The fraction of sp³-hybridized carbons (Fsp3) is 0. The summed E-state index contributed by atoms with van der Waals surface area (Å²) in [5.74, 6) is -0.425. The van der Waals surface area contributed by atoms with Crippen LogP contribution in [0.5, 0.6) is 0 Å². The second kappa shape index (κ2) is 2.99. The minimum Gasteiger partial charge on any atom is -0.366 e. The maximum atomic E-state index is 10.9. The summed E-state index contributed by atoms with van der Waals surface area (Å²) in [5.41, 5.74) is 6.45. The molecule has 2 aromatic heterocycles. The largest absolute Gasteiger partial charge is 0.366 e. The van der Waals surface area contributed by atoms with Crippen molar-refractivity contribution < 1.29 is 4.79 Å².